The van der Waals surface area contributed by atoms with Crippen molar-refractivity contribution in [1.29, 1.82) is 0 Å². The van der Waals surface area contributed by atoms with Crippen molar-refractivity contribution in [3.8, 4) is 5.75 Å². The summed E-state index contributed by atoms with van der Waals surface area (Å²) in [6.07, 6.45) is 0.535. The Hall–Kier alpha value is -2.09. The lowest BCUT2D eigenvalue weighted by molar-refractivity contribution is -0.142. The third-order valence-corrected chi connectivity index (χ3v) is 5.07. The zero-order chi connectivity index (χ0) is 20.5. The van der Waals surface area contributed by atoms with Gasteiger partial charge in [-0.1, -0.05) is 36.8 Å². The molecule has 1 N–H and O–H groups in total. The normalized spacial score (nSPS) is 11.6. The van der Waals surface area contributed by atoms with E-state index >= 15 is 0 Å². The van der Waals surface area contributed by atoms with Crippen LogP contribution in [0.25, 0.3) is 0 Å². The molecule has 0 saturated heterocycles. The SMILES string of the molecule is CCNC(=O)[C@@H](CC)N(Cc1cccc(C)c1)C(=O)COc1ccc(I)cc1. The molecule has 0 unspecified atom stereocenters. The molecule has 2 amide bonds. The van der Waals surface area contributed by atoms with Crippen LogP contribution in [0, 0.1) is 10.5 Å². The summed E-state index contributed by atoms with van der Waals surface area (Å²) in [6.45, 7) is 6.58. The molecule has 28 heavy (non-hydrogen) atoms. The number of amides is 2. The maximum absolute atomic E-state index is 13.0. The fraction of sp³-hybridized carbons (Fsp3) is 0.364. The highest BCUT2D eigenvalue weighted by atomic mass is 127. The number of rotatable bonds is 9. The summed E-state index contributed by atoms with van der Waals surface area (Å²) in [6, 6.07) is 15.0. The van der Waals surface area contributed by atoms with E-state index in [1.165, 1.54) is 0 Å². The molecule has 0 aliphatic heterocycles. The number of carbonyl (C=O) groups is 2. The maximum atomic E-state index is 13.0. The number of nitrogens with one attached hydrogen (secondary N) is 1. The van der Waals surface area contributed by atoms with E-state index in [0.29, 0.717) is 25.3 Å². The Balaban J connectivity index is 2.18. The quantitative estimate of drug-likeness (QED) is 0.538. The minimum atomic E-state index is -0.534. The Kier molecular flexibility index (Phi) is 8.76. The maximum Gasteiger partial charge on any atom is 0.261 e. The molecule has 0 aliphatic rings. The molecule has 0 heterocycles. The lowest BCUT2D eigenvalue weighted by Crippen LogP contribution is -2.50. The lowest BCUT2D eigenvalue weighted by atomic mass is 10.1. The number of likely N-dealkylation sites (N-methyl/N-ethyl adjacent to an activating group) is 1. The van der Waals surface area contributed by atoms with Gasteiger partial charge >= 0.3 is 0 Å². The van der Waals surface area contributed by atoms with Gasteiger partial charge in [0.25, 0.3) is 5.91 Å². The molecule has 6 heteroatoms. The number of aryl methyl sites for hydroxylation is 1. The predicted octanol–water partition coefficient (Wildman–Crippen LogP) is 3.92. The van der Waals surface area contributed by atoms with Crippen molar-refractivity contribution in [3.05, 3.63) is 63.2 Å². The van der Waals surface area contributed by atoms with Gasteiger partial charge in [0.1, 0.15) is 11.8 Å². The zero-order valence-corrected chi connectivity index (χ0v) is 18.7. The average molecular weight is 494 g/mol. The van der Waals surface area contributed by atoms with Crippen LogP contribution in [0.15, 0.2) is 48.5 Å². The monoisotopic (exact) mass is 494 g/mol. The molecule has 0 fully saturated rings. The van der Waals surface area contributed by atoms with Gasteiger partial charge in [-0.15, -0.1) is 0 Å². The van der Waals surface area contributed by atoms with Gasteiger partial charge in [-0.3, -0.25) is 9.59 Å². The van der Waals surface area contributed by atoms with Crippen LogP contribution >= 0.6 is 22.6 Å². The molecule has 0 bridgehead atoms. The molecule has 0 aliphatic carbocycles. The van der Waals surface area contributed by atoms with Gasteiger partial charge in [-0.2, -0.15) is 0 Å². The molecule has 150 valence electrons. The first-order valence-electron chi connectivity index (χ1n) is 9.45. The van der Waals surface area contributed by atoms with Crippen molar-refractivity contribution >= 4 is 34.4 Å². The summed E-state index contributed by atoms with van der Waals surface area (Å²) in [5.74, 6) is 0.286. The van der Waals surface area contributed by atoms with Crippen molar-refractivity contribution in [1.82, 2.24) is 10.2 Å². The molecular formula is C22H27IN2O3. The standard InChI is InChI=1S/C22H27IN2O3/c1-4-20(22(27)24-5-2)25(14-17-8-6-7-16(3)13-17)21(26)15-28-19-11-9-18(23)10-12-19/h6-13,20H,4-5,14-15H2,1-3H3,(H,24,27)/t20-/m1/s1. The third kappa shape index (κ3) is 6.51. The van der Waals surface area contributed by atoms with Gasteiger partial charge in [-0.25, -0.2) is 0 Å². The molecule has 2 aromatic carbocycles. The third-order valence-electron chi connectivity index (χ3n) is 4.35. The van der Waals surface area contributed by atoms with E-state index in [9.17, 15) is 9.59 Å². The average Bonchev–Trinajstić information content (AvgIpc) is 2.67. The van der Waals surface area contributed by atoms with E-state index in [1.54, 1.807) is 4.90 Å². The highest BCUT2D eigenvalue weighted by Gasteiger charge is 2.28. The Morgan fingerprint density at radius 2 is 1.86 bits per heavy atom. The van der Waals surface area contributed by atoms with E-state index in [-0.39, 0.29) is 18.4 Å². The Bertz CT molecular complexity index is 793. The number of hydrogen-bond donors (Lipinski definition) is 1. The molecule has 0 radical (unpaired) electrons. The molecule has 2 aromatic rings. The minimum Gasteiger partial charge on any atom is -0.484 e. The van der Waals surface area contributed by atoms with Crippen LogP contribution < -0.4 is 10.1 Å². The van der Waals surface area contributed by atoms with Crippen LogP contribution in [0.4, 0.5) is 0 Å². The number of benzene rings is 2. The summed E-state index contributed by atoms with van der Waals surface area (Å²) >= 11 is 2.22. The van der Waals surface area contributed by atoms with Crippen LogP contribution in [0.3, 0.4) is 0 Å². The second-order valence-corrected chi connectivity index (χ2v) is 7.82. The van der Waals surface area contributed by atoms with Gasteiger partial charge < -0.3 is 15.0 Å². The number of nitrogens with zero attached hydrogens (tertiary/aromatic N) is 1. The fourth-order valence-electron chi connectivity index (χ4n) is 2.98. The largest absolute Gasteiger partial charge is 0.484 e. The minimum absolute atomic E-state index is 0.109. The van der Waals surface area contributed by atoms with Crippen molar-refractivity contribution < 1.29 is 14.3 Å². The summed E-state index contributed by atoms with van der Waals surface area (Å²) in [7, 11) is 0. The van der Waals surface area contributed by atoms with Gasteiger partial charge in [0, 0.05) is 16.7 Å². The van der Waals surface area contributed by atoms with E-state index in [2.05, 4.69) is 27.9 Å². The van der Waals surface area contributed by atoms with Gasteiger partial charge in [-0.05, 0) is 72.7 Å². The summed E-state index contributed by atoms with van der Waals surface area (Å²) in [5, 5.41) is 2.83. The van der Waals surface area contributed by atoms with Gasteiger partial charge in [0.2, 0.25) is 5.91 Å². The lowest BCUT2D eigenvalue weighted by Gasteiger charge is -2.30. The van der Waals surface area contributed by atoms with Crippen molar-refractivity contribution in [3.63, 3.8) is 0 Å². The van der Waals surface area contributed by atoms with Crippen LogP contribution in [-0.4, -0.2) is 35.9 Å². The highest BCUT2D eigenvalue weighted by Crippen LogP contribution is 2.16. The Morgan fingerprint density at radius 1 is 1.14 bits per heavy atom. The highest BCUT2D eigenvalue weighted by molar-refractivity contribution is 14.1. The van der Waals surface area contributed by atoms with E-state index < -0.39 is 6.04 Å². The molecule has 0 saturated carbocycles. The topological polar surface area (TPSA) is 58.6 Å². The molecule has 1 atom stereocenters. The molecule has 0 aromatic heterocycles. The van der Waals surface area contributed by atoms with Crippen molar-refractivity contribution in [2.24, 2.45) is 0 Å². The zero-order valence-electron chi connectivity index (χ0n) is 16.6. The first kappa shape index (κ1) is 22.2. The number of halogens is 1. The Morgan fingerprint density at radius 3 is 2.46 bits per heavy atom. The smallest absolute Gasteiger partial charge is 0.261 e. The molecular weight excluding hydrogens is 467 g/mol. The Labute approximate surface area is 180 Å². The molecule has 0 spiro atoms. The van der Waals surface area contributed by atoms with Gasteiger partial charge in [0.15, 0.2) is 6.61 Å². The van der Waals surface area contributed by atoms with Crippen LogP contribution in [0.5, 0.6) is 5.75 Å². The van der Waals surface area contributed by atoms with Crippen LogP contribution in [0.2, 0.25) is 0 Å². The van der Waals surface area contributed by atoms with Crippen LogP contribution in [0.1, 0.15) is 31.4 Å². The van der Waals surface area contributed by atoms with Crippen LogP contribution in [-0.2, 0) is 16.1 Å². The first-order chi connectivity index (χ1) is 13.4. The van der Waals surface area contributed by atoms with E-state index in [1.807, 2.05) is 69.3 Å². The molecule has 2 rings (SSSR count). The summed E-state index contributed by atoms with van der Waals surface area (Å²) in [5.41, 5.74) is 2.11. The second-order valence-electron chi connectivity index (χ2n) is 6.57. The first-order valence-corrected chi connectivity index (χ1v) is 10.5. The fourth-order valence-corrected chi connectivity index (χ4v) is 3.34. The van der Waals surface area contributed by atoms with E-state index in [4.69, 9.17) is 4.74 Å². The number of carbonyl (C=O) groups excluding carboxylic acids is 2. The van der Waals surface area contributed by atoms with Crippen molar-refractivity contribution in [2.45, 2.75) is 39.8 Å². The van der Waals surface area contributed by atoms with Gasteiger partial charge in [0.05, 0.1) is 0 Å². The predicted molar refractivity (Wildman–Crippen MR) is 119 cm³/mol. The summed E-state index contributed by atoms with van der Waals surface area (Å²) in [4.78, 5) is 27.2. The van der Waals surface area contributed by atoms with E-state index in [0.717, 1.165) is 14.7 Å². The van der Waals surface area contributed by atoms with Crippen molar-refractivity contribution in [2.75, 3.05) is 13.2 Å². The number of ether oxygens (including phenoxy) is 1. The second kappa shape index (κ2) is 11.0. The molecule has 5 nitrogen and oxygen atoms in total. The number of hydrogen-bond acceptors (Lipinski definition) is 3. The summed E-state index contributed by atoms with van der Waals surface area (Å²) < 4.78 is 6.77.